The molecule has 0 fully saturated rings. The number of aliphatic carboxylic acids is 1. The molecule has 0 bridgehead atoms. The number of halogens is 3. The second-order valence-corrected chi connectivity index (χ2v) is 4.39. The highest BCUT2D eigenvalue weighted by Crippen LogP contribution is 2.30. The van der Waals surface area contributed by atoms with Gasteiger partial charge in [0, 0.05) is 18.2 Å². The van der Waals surface area contributed by atoms with E-state index in [4.69, 9.17) is 28.3 Å². The molecule has 0 rings (SSSR count). The van der Waals surface area contributed by atoms with E-state index in [-0.39, 0.29) is 12.8 Å². The van der Waals surface area contributed by atoms with Gasteiger partial charge in [0.25, 0.3) is 0 Å². The molecule has 0 aromatic carbocycles. The van der Waals surface area contributed by atoms with Crippen molar-refractivity contribution in [3.63, 3.8) is 0 Å². The maximum atomic E-state index is 14.1. The Morgan fingerprint density at radius 2 is 1.60 bits per heavy atom. The lowest BCUT2D eigenvalue weighted by atomic mass is 9.90. The van der Waals surface area contributed by atoms with E-state index in [2.05, 4.69) is 0 Å². The normalized spacial score (nSPS) is 11.7. The minimum Gasteiger partial charge on any atom is -0.481 e. The van der Waals surface area contributed by atoms with E-state index in [9.17, 15) is 9.18 Å². The summed E-state index contributed by atoms with van der Waals surface area (Å²) in [6.45, 7) is 0. The molecular weight excluding hydrogens is 242 g/mol. The topological polar surface area (TPSA) is 37.3 Å². The van der Waals surface area contributed by atoms with E-state index in [0.29, 0.717) is 37.4 Å². The van der Waals surface area contributed by atoms with Gasteiger partial charge in [0.15, 0.2) is 0 Å². The first-order chi connectivity index (χ1) is 7.04. The molecule has 5 heteroatoms. The Kier molecular flexibility index (Phi) is 8.16. The first-order valence-electron chi connectivity index (χ1n) is 5.07. The van der Waals surface area contributed by atoms with Crippen LogP contribution in [0.1, 0.15) is 38.5 Å². The van der Waals surface area contributed by atoms with Gasteiger partial charge < -0.3 is 5.11 Å². The second-order valence-electron chi connectivity index (χ2n) is 3.63. The number of alkyl halides is 3. The van der Waals surface area contributed by atoms with Crippen molar-refractivity contribution in [3.8, 4) is 0 Å². The van der Waals surface area contributed by atoms with Crippen LogP contribution in [0.25, 0.3) is 0 Å². The van der Waals surface area contributed by atoms with Crippen LogP contribution in [0.2, 0.25) is 0 Å². The van der Waals surface area contributed by atoms with Crippen LogP contribution in [0.3, 0.4) is 0 Å². The maximum absolute atomic E-state index is 14.1. The molecule has 0 aliphatic rings. The van der Waals surface area contributed by atoms with Crippen molar-refractivity contribution in [1.82, 2.24) is 0 Å². The molecule has 15 heavy (non-hydrogen) atoms. The fraction of sp³-hybridized carbons (Fsp3) is 0.900. The van der Waals surface area contributed by atoms with Crippen LogP contribution in [-0.4, -0.2) is 28.5 Å². The number of carboxylic acid groups (broad SMARTS) is 1. The van der Waals surface area contributed by atoms with Crippen molar-refractivity contribution < 1.29 is 14.3 Å². The molecule has 0 radical (unpaired) electrons. The summed E-state index contributed by atoms with van der Waals surface area (Å²) in [4.78, 5) is 10.4. The van der Waals surface area contributed by atoms with Gasteiger partial charge in [-0.2, -0.15) is 0 Å². The van der Waals surface area contributed by atoms with Gasteiger partial charge in [0.1, 0.15) is 5.67 Å². The lowest BCUT2D eigenvalue weighted by Crippen LogP contribution is -2.24. The number of rotatable bonds is 9. The Morgan fingerprint density at radius 3 is 1.93 bits per heavy atom. The quantitative estimate of drug-likeness (QED) is 0.642. The second kappa shape index (κ2) is 8.17. The third kappa shape index (κ3) is 7.86. The first kappa shape index (κ1) is 15.0. The van der Waals surface area contributed by atoms with E-state index in [1.54, 1.807) is 0 Å². The molecule has 0 spiro atoms. The lowest BCUT2D eigenvalue weighted by molar-refractivity contribution is -0.138. The van der Waals surface area contributed by atoms with Gasteiger partial charge in [0.2, 0.25) is 0 Å². The van der Waals surface area contributed by atoms with Crippen LogP contribution in [0.15, 0.2) is 0 Å². The predicted molar refractivity (Wildman–Crippen MR) is 60.6 cm³/mol. The van der Waals surface area contributed by atoms with Crippen molar-refractivity contribution in [3.05, 3.63) is 0 Å². The molecule has 0 saturated carbocycles. The van der Waals surface area contributed by atoms with E-state index in [0.717, 1.165) is 0 Å². The summed E-state index contributed by atoms with van der Waals surface area (Å²) < 4.78 is 14.1. The third-order valence-electron chi connectivity index (χ3n) is 2.30. The van der Waals surface area contributed by atoms with Gasteiger partial charge in [-0.3, -0.25) is 4.79 Å². The number of carbonyl (C=O) groups is 1. The van der Waals surface area contributed by atoms with Crippen molar-refractivity contribution in [2.75, 3.05) is 11.8 Å². The molecule has 0 atom stereocenters. The Hall–Kier alpha value is -0.0200. The Balaban J connectivity index is 4.06. The maximum Gasteiger partial charge on any atom is 0.303 e. The molecule has 0 aromatic rings. The molecular formula is C10H17Cl2FO2. The molecule has 0 aromatic heterocycles. The fourth-order valence-electron chi connectivity index (χ4n) is 1.47. The van der Waals surface area contributed by atoms with E-state index in [1.807, 2.05) is 0 Å². The number of carboxylic acids is 1. The lowest BCUT2D eigenvalue weighted by Gasteiger charge is -2.24. The highest BCUT2D eigenvalue weighted by Gasteiger charge is 2.28. The Labute approximate surface area is 99.8 Å². The van der Waals surface area contributed by atoms with Crippen LogP contribution < -0.4 is 0 Å². The molecule has 90 valence electrons. The third-order valence-corrected chi connectivity index (χ3v) is 2.84. The summed E-state index contributed by atoms with van der Waals surface area (Å²) in [5.41, 5.74) is -1.41. The monoisotopic (exact) mass is 258 g/mol. The smallest absolute Gasteiger partial charge is 0.303 e. The average molecular weight is 259 g/mol. The summed E-state index contributed by atoms with van der Waals surface area (Å²) in [6, 6.07) is 0. The molecule has 0 unspecified atom stereocenters. The Bertz CT molecular complexity index is 180. The minimum absolute atomic E-state index is 0.0517. The highest BCUT2D eigenvalue weighted by atomic mass is 35.5. The van der Waals surface area contributed by atoms with Crippen LogP contribution >= 0.6 is 23.2 Å². The van der Waals surface area contributed by atoms with Gasteiger partial charge in [0.05, 0.1) is 0 Å². The predicted octanol–water partition coefficient (Wildman–Crippen LogP) is 3.60. The van der Waals surface area contributed by atoms with Crippen LogP contribution in [0.4, 0.5) is 4.39 Å². The van der Waals surface area contributed by atoms with Gasteiger partial charge in [-0.25, -0.2) is 4.39 Å². The summed E-state index contributed by atoms with van der Waals surface area (Å²) >= 11 is 11.0. The van der Waals surface area contributed by atoms with E-state index >= 15 is 0 Å². The fourth-order valence-corrected chi connectivity index (χ4v) is 1.74. The Morgan fingerprint density at radius 1 is 1.13 bits per heavy atom. The summed E-state index contributed by atoms with van der Waals surface area (Å²) in [6.07, 6.45) is 1.69. The van der Waals surface area contributed by atoms with Crippen molar-refractivity contribution in [2.45, 2.75) is 44.2 Å². The van der Waals surface area contributed by atoms with Gasteiger partial charge in [-0.1, -0.05) is 0 Å². The van der Waals surface area contributed by atoms with E-state index in [1.165, 1.54) is 0 Å². The zero-order chi connectivity index (χ0) is 11.7. The minimum atomic E-state index is -1.41. The first-order valence-corrected chi connectivity index (χ1v) is 6.13. The van der Waals surface area contributed by atoms with Crippen LogP contribution in [-0.2, 0) is 4.79 Å². The molecule has 0 saturated heterocycles. The van der Waals surface area contributed by atoms with Gasteiger partial charge >= 0.3 is 5.97 Å². The van der Waals surface area contributed by atoms with Crippen molar-refractivity contribution >= 4 is 29.2 Å². The average Bonchev–Trinajstić information content (AvgIpc) is 2.21. The summed E-state index contributed by atoms with van der Waals surface area (Å²) in [5, 5.41) is 8.51. The van der Waals surface area contributed by atoms with Gasteiger partial charge in [-0.15, -0.1) is 23.2 Å². The number of hydrogen-bond acceptors (Lipinski definition) is 1. The number of hydrogen-bond donors (Lipinski definition) is 1. The summed E-state index contributed by atoms with van der Waals surface area (Å²) in [5.74, 6) is -0.159. The van der Waals surface area contributed by atoms with E-state index < -0.39 is 11.6 Å². The largest absolute Gasteiger partial charge is 0.481 e. The molecule has 0 heterocycles. The molecule has 0 aliphatic carbocycles. The molecule has 0 amide bonds. The van der Waals surface area contributed by atoms with Crippen LogP contribution in [0, 0.1) is 0 Å². The zero-order valence-corrected chi connectivity index (χ0v) is 10.2. The zero-order valence-electron chi connectivity index (χ0n) is 8.65. The summed E-state index contributed by atoms with van der Waals surface area (Å²) in [7, 11) is 0. The SMILES string of the molecule is O=C(O)CCC(F)(CCCCl)CCCCl. The van der Waals surface area contributed by atoms with Crippen molar-refractivity contribution in [2.24, 2.45) is 0 Å². The van der Waals surface area contributed by atoms with Crippen molar-refractivity contribution in [1.29, 1.82) is 0 Å². The molecule has 0 aliphatic heterocycles. The molecule has 1 N–H and O–H groups in total. The van der Waals surface area contributed by atoms with Gasteiger partial charge in [-0.05, 0) is 32.1 Å². The molecule has 2 nitrogen and oxygen atoms in total. The highest BCUT2D eigenvalue weighted by molar-refractivity contribution is 6.18. The standard InChI is InChI=1S/C10H17Cl2FO2/c11-7-1-4-10(13,5-2-8-12)6-3-9(14)15/h1-8H2,(H,14,15). The van der Waals surface area contributed by atoms with Crippen LogP contribution in [0.5, 0.6) is 0 Å².